The average Bonchev–Trinajstić information content (AvgIpc) is 2.36. The molecule has 2 rings (SSSR count). The molecule has 0 aliphatic carbocycles. The first-order valence-electron chi connectivity index (χ1n) is 6.26. The number of hydrogen-bond donors (Lipinski definition) is 2. The van der Waals surface area contributed by atoms with Gasteiger partial charge in [-0.2, -0.15) is 0 Å². The molecule has 1 aliphatic rings. The summed E-state index contributed by atoms with van der Waals surface area (Å²) in [5.41, 5.74) is 3.31. The first-order chi connectivity index (χ1) is 8.18. The van der Waals surface area contributed by atoms with E-state index in [0.717, 1.165) is 37.2 Å². The Morgan fingerprint density at radius 1 is 1.41 bits per heavy atom. The Bertz CT molecular complexity index is 409. The molecule has 3 heteroatoms. The Balaban J connectivity index is 2.04. The third kappa shape index (κ3) is 2.86. The monoisotopic (exact) mass is 232 g/mol. The molecule has 1 fully saturated rings. The fourth-order valence-electron chi connectivity index (χ4n) is 2.20. The van der Waals surface area contributed by atoms with Crippen molar-refractivity contribution < 1.29 is 4.79 Å². The van der Waals surface area contributed by atoms with E-state index in [1.54, 1.807) is 0 Å². The van der Waals surface area contributed by atoms with Gasteiger partial charge < -0.3 is 10.6 Å². The molecule has 17 heavy (non-hydrogen) atoms. The lowest BCUT2D eigenvalue weighted by atomic mass is 9.98. The molecule has 0 bridgehead atoms. The summed E-state index contributed by atoms with van der Waals surface area (Å²) in [5.74, 6) is 0.259. The van der Waals surface area contributed by atoms with Crippen LogP contribution in [0.3, 0.4) is 0 Å². The summed E-state index contributed by atoms with van der Waals surface area (Å²) in [6.07, 6.45) is 2.08. The topological polar surface area (TPSA) is 41.1 Å². The van der Waals surface area contributed by atoms with E-state index in [2.05, 4.69) is 23.6 Å². The molecule has 1 heterocycles. The zero-order valence-corrected chi connectivity index (χ0v) is 10.5. The highest BCUT2D eigenvalue weighted by Gasteiger charge is 2.21. The summed E-state index contributed by atoms with van der Waals surface area (Å²) >= 11 is 0. The van der Waals surface area contributed by atoms with E-state index in [1.165, 1.54) is 5.56 Å². The van der Waals surface area contributed by atoms with Crippen LogP contribution in [0.5, 0.6) is 0 Å². The molecule has 0 spiro atoms. The number of amides is 1. The predicted molar refractivity (Wildman–Crippen MR) is 70.1 cm³/mol. The van der Waals surface area contributed by atoms with Gasteiger partial charge in [-0.05, 0) is 50.4 Å². The quantitative estimate of drug-likeness (QED) is 0.821. The summed E-state index contributed by atoms with van der Waals surface area (Å²) in [4.78, 5) is 12.1. The van der Waals surface area contributed by atoms with Crippen LogP contribution in [-0.4, -0.2) is 19.0 Å². The van der Waals surface area contributed by atoms with Crippen LogP contribution in [0.2, 0.25) is 0 Å². The van der Waals surface area contributed by atoms with Gasteiger partial charge in [-0.1, -0.05) is 12.1 Å². The second-order valence-electron chi connectivity index (χ2n) is 4.78. The van der Waals surface area contributed by atoms with E-state index >= 15 is 0 Å². The molecule has 2 N–H and O–H groups in total. The second-order valence-corrected chi connectivity index (χ2v) is 4.78. The van der Waals surface area contributed by atoms with Crippen LogP contribution in [0.25, 0.3) is 0 Å². The number of carbonyl (C=O) groups is 1. The fourth-order valence-corrected chi connectivity index (χ4v) is 2.20. The predicted octanol–water partition coefficient (Wildman–Crippen LogP) is 2.24. The van der Waals surface area contributed by atoms with E-state index < -0.39 is 0 Å². The number of piperidine rings is 1. The maximum Gasteiger partial charge on any atom is 0.228 e. The molecule has 0 radical (unpaired) electrons. The highest BCUT2D eigenvalue weighted by atomic mass is 16.1. The van der Waals surface area contributed by atoms with Crippen LogP contribution in [0.4, 0.5) is 5.69 Å². The number of anilines is 1. The Morgan fingerprint density at radius 3 is 2.94 bits per heavy atom. The van der Waals surface area contributed by atoms with Gasteiger partial charge in [-0.25, -0.2) is 0 Å². The third-order valence-corrected chi connectivity index (χ3v) is 3.53. The van der Waals surface area contributed by atoms with Gasteiger partial charge in [0.25, 0.3) is 0 Å². The highest BCUT2D eigenvalue weighted by Crippen LogP contribution is 2.20. The van der Waals surface area contributed by atoms with Crippen molar-refractivity contribution in [3.8, 4) is 0 Å². The minimum absolute atomic E-state index is 0.115. The SMILES string of the molecule is Cc1cccc(NC(=O)[C@@H]2CCCNC2)c1C. The second kappa shape index (κ2) is 5.32. The largest absolute Gasteiger partial charge is 0.326 e. The van der Waals surface area contributed by atoms with Crippen molar-refractivity contribution >= 4 is 11.6 Å². The molecule has 0 unspecified atom stereocenters. The van der Waals surface area contributed by atoms with Crippen molar-refractivity contribution in [2.45, 2.75) is 26.7 Å². The van der Waals surface area contributed by atoms with Crippen molar-refractivity contribution in [3.05, 3.63) is 29.3 Å². The maximum atomic E-state index is 12.1. The normalized spacial score (nSPS) is 20.0. The first-order valence-corrected chi connectivity index (χ1v) is 6.26. The van der Waals surface area contributed by atoms with Gasteiger partial charge in [-0.15, -0.1) is 0 Å². The summed E-state index contributed by atoms with van der Waals surface area (Å²) in [7, 11) is 0. The molecule has 0 aromatic heterocycles. The van der Waals surface area contributed by atoms with E-state index in [9.17, 15) is 4.79 Å². The Hall–Kier alpha value is -1.35. The number of aryl methyl sites for hydroxylation is 1. The van der Waals surface area contributed by atoms with Gasteiger partial charge in [0.1, 0.15) is 0 Å². The van der Waals surface area contributed by atoms with Crippen molar-refractivity contribution in [1.82, 2.24) is 5.32 Å². The molecule has 1 saturated heterocycles. The Morgan fingerprint density at radius 2 is 2.24 bits per heavy atom. The van der Waals surface area contributed by atoms with Gasteiger partial charge >= 0.3 is 0 Å². The van der Waals surface area contributed by atoms with E-state index in [-0.39, 0.29) is 11.8 Å². The lowest BCUT2D eigenvalue weighted by molar-refractivity contribution is -0.120. The summed E-state index contributed by atoms with van der Waals surface area (Å²) in [6.45, 7) is 5.95. The average molecular weight is 232 g/mol. The third-order valence-electron chi connectivity index (χ3n) is 3.53. The molecule has 1 aromatic carbocycles. The molecular formula is C14H20N2O. The number of nitrogens with one attached hydrogen (secondary N) is 2. The van der Waals surface area contributed by atoms with E-state index in [0.29, 0.717) is 0 Å². The zero-order chi connectivity index (χ0) is 12.3. The molecule has 3 nitrogen and oxygen atoms in total. The minimum atomic E-state index is 0.115. The van der Waals surface area contributed by atoms with Crippen LogP contribution < -0.4 is 10.6 Å². The van der Waals surface area contributed by atoms with Crippen molar-refractivity contribution in [2.75, 3.05) is 18.4 Å². The zero-order valence-electron chi connectivity index (χ0n) is 10.5. The Kier molecular flexibility index (Phi) is 3.79. The van der Waals surface area contributed by atoms with Gasteiger partial charge in [0.05, 0.1) is 5.92 Å². The van der Waals surface area contributed by atoms with Gasteiger partial charge in [-0.3, -0.25) is 4.79 Å². The summed E-state index contributed by atoms with van der Waals surface area (Å²) in [5, 5.41) is 6.31. The van der Waals surface area contributed by atoms with Crippen molar-refractivity contribution in [2.24, 2.45) is 5.92 Å². The first kappa shape index (κ1) is 12.1. The van der Waals surface area contributed by atoms with E-state index in [1.807, 2.05) is 19.1 Å². The van der Waals surface area contributed by atoms with Gasteiger partial charge in [0, 0.05) is 12.2 Å². The van der Waals surface area contributed by atoms with E-state index in [4.69, 9.17) is 0 Å². The molecule has 0 saturated carbocycles. The van der Waals surface area contributed by atoms with Crippen molar-refractivity contribution in [3.63, 3.8) is 0 Å². The molecular weight excluding hydrogens is 212 g/mol. The fraction of sp³-hybridized carbons (Fsp3) is 0.500. The number of benzene rings is 1. The van der Waals surface area contributed by atoms with Crippen molar-refractivity contribution in [1.29, 1.82) is 0 Å². The molecule has 92 valence electrons. The molecule has 1 amide bonds. The Labute approximate surface area is 103 Å². The van der Waals surface area contributed by atoms with Gasteiger partial charge in [0.15, 0.2) is 0 Å². The molecule has 1 aromatic rings. The maximum absolute atomic E-state index is 12.1. The number of carbonyl (C=O) groups excluding carboxylic acids is 1. The number of hydrogen-bond acceptors (Lipinski definition) is 2. The van der Waals surface area contributed by atoms with Crippen LogP contribution in [-0.2, 0) is 4.79 Å². The molecule has 1 aliphatic heterocycles. The minimum Gasteiger partial charge on any atom is -0.326 e. The number of rotatable bonds is 2. The lowest BCUT2D eigenvalue weighted by Gasteiger charge is -2.22. The van der Waals surface area contributed by atoms with Crippen LogP contribution >= 0.6 is 0 Å². The highest BCUT2D eigenvalue weighted by molar-refractivity contribution is 5.93. The van der Waals surface area contributed by atoms with Crippen LogP contribution in [0.15, 0.2) is 18.2 Å². The summed E-state index contributed by atoms with van der Waals surface area (Å²) < 4.78 is 0. The molecule has 1 atom stereocenters. The smallest absolute Gasteiger partial charge is 0.228 e. The summed E-state index contributed by atoms with van der Waals surface area (Å²) in [6, 6.07) is 6.01. The van der Waals surface area contributed by atoms with Crippen LogP contribution in [0, 0.1) is 19.8 Å². The van der Waals surface area contributed by atoms with Crippen LogP contribution in [0.1, 0.15) is 24.0 Å². The van der Waals surface area contributed by atoms with Gasteiger partial charge in [0.2, 0.25) is 5.91 Å². The standard InChI is InChI=1S/C14H20N2O/c1-10-5-3-7-13(11(10)2)16-14(17)12-6-4-8-15-9-12/h3,5,7,12,15H,4,6,8-9H2,1-2H3,(H,16,17)/t12-/m1/s1. The lowest BCUT2D eigenvalue weighted by Crippen LogP contribution is -2.37.